The highest BCUT2D eigenvalue weighted by atomic mass is 32.2. The Bertz CT molecular complexity index is 393. The molecule has 2 aliphatic heterocycles. The Morgan fingerprint density at radius 2 is 2.25 bits per heavy atom. The van der Waals surface area contributed by atoms with E-state index in [4.69, 9.17) is 4.74 Å². The molecule has 0 radical (unpaired) electrons. The summed E-state index contributed by atoms with van der Waals surface area (Å²) in [7, 11) is 0. The van der Waals surface area contributed by atoms with Crippen LogP contribution in [0.15, 0.2) is 24.4 Å². The summed E-state index contributed by atoms with van der Waals surface area (Å²) in [6, 6.07) is 6.95. The average Bonchev–Trinajstić information content (AvgIpc) is 2.80. The molecule has 2 aliphatic rings. The number of hydrogen-bond acceptors (Lipinski definition) is 4. The highest BCUT2D eigenvalue weighted by molar-refractivity contribution is 7.99. The molecular formula is C16H24N2OS. The molecule has 110 valence electrons. The highest BCUT2D eigenvalue weighted by Gasteiger charge is 2.28. The van der Waals surface area contributed by atoms with Crippen LogP contribution in [0.25, 0.3) is 0 Å². The third-order valence-electron chi connectivity index (χ3n) is 4.31. The SMILES string of the molecule is c1ccc(CS[C@@H]2CCN(C3CCCOCC3)C2)nc1. The Kier molecular flexibility index (Phi) is 5.34. The van der Waals surface area contributed by atoms with Crippen LogP contribution in [-0.2, 0) is 10.5 Å². The number of pyridine rings is 1. The molecule has 0 bridgehead atoms. The summed E-state index contributed by atoms with van der Waals surface area (Å²) in [6.45, 7) is 4.43. The Morgan fingerprint density at radius 3 is 3.15 bits per heavy atom. The van der Waals surface area contributed by atoms with Gasteiger partial charge in [-0.05, 0) is 44.4 Å². The lowest BCUT2D eigenvalue weighted by molar-refractivity contribution is 0.134. The van der Waals surface area contributed by atoms with Crippen LogP contribution in [0.5, 0.6) is 0 Å². The van der Waals surface area contributed by atoms with Gasteiger partial charge in [-0.1, -0.05) is 6.07 Å². The van der Waals surface area contributed by atoms with Gasteiger partial charge >= 0.3 is 0 Å². The predicted molar refractivity (Wildman–Crippen MR) is 84.0 cm³/mol. The summed E-state index contributed by atoms with van der Waals surface area (Å²) in [4.78, 5) is 7.11. The van der Waals surface area contributed by atoms with Gasteiger partial charge in [0.2, 0.25) is 0 Å². The monoisotopic (exact) mass is 292 g/mol. The first-order valence-electron chi connectivity index (χ1n) is 7.75. The second-order valence-electron chi connectivity index (χ2n) is 5.73. The first-order chi connectivity index (χ1) is 9.92. The van der Waals surface area contributed by atoms with Crippen LogP contribution in [0.1, 0.15) is 31.4 Å². The molecule has 3 heterocycles. The van der Waals surface area contributed by atoms with E-state index >= 15 is 0 Å². The highest BCUT2D eigenvalue weighted by Crippen LogP contribution is 2.28. The zero-order valence-electron chi connectivity index (χ0n) is 12.0. The number of hydrogen-bond donors (Lipinski definition) is 0. The number of rotatable bonds is 4. The van der Waals surface area contributed by atoms with Crippen molar-refractivity contribution in [2.24, 2.45) is 0 Å². The molecule has 0 aromatic carbocycles. The largest absolute Gasteiger partial charge is 0.381 e. The summed E-state index contributed by atoms with van der Waals surface area (Å²) in [5.41, 5.74) is 1.21. The molecule has 20 heavy (non-hydrogen) atoms. The summed E-state index contributed by atoms with van der Waals surface area (Å²) in [5, 5.41) is 0.779. The van der Waals surface area contributed by atoms with Crippen LogP contribution in [-0.4, -0.2) is 47.5 Å². The second kappa shape index (κ2) is 7.43. The summed E-state index contributed by atoms with van der Waals surface area (Å²) >= 11 is 2.07. The van der Waals surface area contributed by atoms with Gasteiger partial charge in [-0.15, -0.1) is 0 Å². The van der Waals surface area contributed by atoms with Crippen molar-refractivity contribution in [2.75, 3.05) is 26.3 Å². The molecule has 4 heteroatoms. The zero-order chi connectivity index (χ0) is 13.6. The van der Waals surface area contributed by atoms with Crippen molar-refractivity contribution in [2.45, 2.75) is 42.7 Å². The minimum atomic E-state index is 0.762. The molecule has 3 rings (SSSR count). The standard InChI is InChI=1S/C16H24N2OS/c1-2-8-17-14(4-1)13-20-16-6-9-18(12-16)15-5-3-10-19-11-7-15/h1-2,4,8,15-16H,3,5-7,9-13H2/t15?,16-/m1/s1. The lowest BCUT2D eigenvalue weighted by Crippen LogP contribution is -2.33. The first kappa shape index (κ1) is 14.4. The van der Waals surface area contributed by atoms with Gasteiger partial charge in [0.15, 0.2) is 0 Å². The van der Waals surface area contributed by atoms with Gasteiger partial charge in [0.05, 0.1) is 5.69 Å². The fraction of sp³-hybridized carbons (Fsp3) is 0.688. The van der Waals surface area contributed by atoms with Crippen molar-refractivity contribution in [3.63, 3.8) is 0 Å². The molecule has 2 saturated heterocycles. The van der Waals surface area contributed by atoms with E-state index in [-0.39, 0.29) is 0 Å². The number of thioether (sulfide) groups is 1. The van der Waals surface area contributed by atoms with Crippen LogP contribution in [0.2, 0.25) is 0 Å². The van der Waals surface area contributed by atoms with Gasteiger partial charge in [0, 0.05) is 43.0 Å². The van der Waals surface area contributed by atoms with Crippen LogP contribution in [0.4, 0.5) is 0 Å². The normalized spacial score (nSPS) is 28.4. The maximum Gasteiger partial charge on any atom is 0.0502 e. The molecule has 0 spiro atoms. The maximum atomic E-state index is 5.58. The van der Waals surface area contributed by atoms with Crippen molar-refractivity contribution in [3.05, 3.63) is 30.1 Å². The Labute approximate surface area is 126 Å². The van der Waals surface area contributed by atoms with E-state index in [1.54, 1.807) is 0 Å². The van der Waals surface area contributed by atoms with E-state index in [2.05, 4.69) is 33.8 Å². The third-order valence-corrected chi connectivity index (χ3v) is 5.63. The van der Waals surface area contributed by atoms with E-state index in [0.717, 1.165) is 30.3 Å². The lowest BCUT2D eigenvalue weighted by atomic mass is 10.1. The zero-order valence-corrected chi connectivity index (χ0v) is 12.9. The van der Waals surface area contributed by atoms with Gasteiger partial charge in [-0.25, -0.2) is 0 Å². The van der Waals surface area contributed by atoms with Gasteiger partial charge in [-0.2, -0.15) is 11.8 Å². The molecule has 2 fully saturated rings. The van der Waals surface area contributed by atoms with E-state index in [1.807, 2.05) is 12.3 Å². The van der Waals surface area contributed by atoms with Crippen molar-refractivity contribution in [3.8, 4) is 0 Å². The molecule has 2 atom stereocenters. The molecule has 1 aromatic heterocycles. The Morgan fingerprint density at radius 1 is 1.25 bits per heavy atom. The van der Waals surface area contributed by atoms with E-state index in [9.17, 15) is 0 Å². The van der Waals surface area contributed by atoms with E-state index in [0.29, 0.717) is 0 Å². The Hall–Kier alpha value is -0.580. The molecule has 1 unspecified atom stereocenters. The number of aromatic nitrogens is 1. The average molecular weight is 292 g/mol. The van der Waals surface area contributed by atoms with Crippen LogP contribution < -0.4 is 0 Å². The maximum absolute atomic E-state index is 5.58. The summed E-state index contributed by atoms with van der Waals surface area (Å²) < 4.78 is 5.58. The Balaban J connectivity index is 1.44. The molecule has 0 aliphatic carbocycles. The van der Waals surface area contributed by atoms with Crippen molar-refractivity contribution >= 4 is 11.8 Å². The predicted octanol–water partition coefficient (Wildman–Crippen LogP) is 2.96. The molecule has 0 saturated carbocycles. The van der Waals surface area contributed by atoms with E-state index < -0.39 is 0 Å². The first-order valence-corrected chi connectivity index (χ1v) is 8.80. The van der Waals surface area contributed by atoms with Crippen molar-refractivity contribution < 1.29 is 4.74 Å². The van der Waals surface area contributed by atoms with Crippen molar-refractivity contribution in [1.29, 1.82) is 0 Å². The minimum Gasteiger partial charge on any atom is -0.381 e. The summed E-state index contributed by atoms with van der Waals surface area (Å²) in [6.07, 6.45) is 6.99. The van der Waals surface area contributed by atoms with E-state index in [1.165, 1.54) is 44.5 Å². The topological polar surface area (TPSA) is 25.4 Å². The van der Waals surface area contributed by atoms with Crippen molar-refractivity contribution in [1.82, 2.24) is 9.88 Å². The lowest BCUT2D eigenvalue weighted by Gasteiger charge is -2.26. The fourth-order valence-corrected chi connectivity index (χ4v) is 4.31. The number of ether oxygens (including phenoxy) is 1. The van der Waals surface area contributed by atoms with Gasteiger partial charge in [-0.3, -0.25) is 9.88 Å². The third kappa shape index (κ3) is 3.96. The minimum absolute atomic E-state index is 0.762. The molecular weight excluding hydrogens is 268 g/mol. The van der Waals surface area contributed by atoms with Crippen LogP contribution >= 0.6 is 11.8 Å². The molecule has 1 aromatic rings. The molecule has 0 N–H and O–H groups in total. The second-order valence-corrected chi connectivity index (χ2v) is 7.02. The summed E-state index contributed by atoms with van der Waals surface area (Å²) in [5.74, 6) is 1.05. The van der Waals surface area contributed by atoms with Gasteiger partial charge in [0.25, 0.3) is 0 Å². The molecule has 0 amide bonds. The fourth-order valence-electron chi connectivity index (χ4n) is 3.16. The quantitative estimate of drug-likeness (QED) is 0.852. The molecule has 3 nitrogen and oxygen atoms in total. The van der Waals surface area contributed by atoms with Crippen LogP contribution in [0.3, 0.4) is 0 Å². The smallest absolute Gasteiger partial charge is 0.0502 e. The van der Waals surface area contributed by atoms with Crippen LogP contribution in [0, 0.1) is 0 Å². The van der Waals surface area contributed by atoms with Gasteiger partial charge in [0.1, 0.15) is 0 Å². The number of nitrogens with zero attached hydrogens (tertiary/aromatic N) is 2. The number of likely N-dealkylation sites (tertiary alicyclic amines) is 1. The van der Waals surface area contributed by atoms with Gasteiger partial charge < -0.3 is 4.74 Å².